The lowest BCUT2D eigenvalue weighted by molar-refractivity contribution is -0.386. The molecule has 25 unspecified atom stereocenters. The molecule has 5 saturated heterocycles. The fourth-order valence-electron chi connectivity index (χ4n) is 16.2. The number of carbonyl (C=O) groups is 2. The van der Waals surface area contributed by atoms with Gasteiger partial charge in [0, 0.05) is 25.9 Å². The Morgan fingerprint density at radius 2 is 1.44 bits per heavy atom. The smallest absolute Gasteiger partial charge is 0.397 e. The summed E-state index contributed by atoms with van der Waals surface area (Å²) < 4.78 is 104. The molecule has 27 atom stereocenters. The first-order chi connectivity index (χ1) is 38.2. The molecule has 468 valence electrons. The fourth-order valence-corrected chi connectivity index (χ4v) is 16.7. The van der Waals surface area contributed by atoms with Crippen LogP contribution in [0.3, 0.4) is 0 Å². The second kappa shape index (κ2) is 23.3. The van der Waals surface area contributed by atoms with Crippen LogP contribution in [0.1, 0.15) is 107 Å². The molecule has 0 aromatic carbocycles. The summed E-state index contributed by atoms with van der Waals surface area (Å²) in [4.78, 5) is 27.4. The minimum Gasteiger partial charge on any atom is -0.462 e. The first-order valence-corrected chi connectivity index (χ1v) is 29.8. The number of rotatable bonds is 16. The summed E-state index contributed by atoms with van der Waals surface area (Å²) in [6, 6.07) is 0. The standard InChI is InChI=1S/C55H86O26S/c1-24-40(77-47-39(64)42(34(59)30(21-56)75-47)78-45-38(63)41(70-10)28(58)22-71-45)36(61)37(62)46(73-24)79-43-35(60)31(81-82(67,68)69)23-72-48(43)76-33-15-18-52(7)26-14-19-55-44(54(9,80-49(55)65)17-11-16-50(3,4)66)29(74-25(2)57)20-53(55,8)27(26)12-13-32(52)51(33,5)6/h11-12,16,24,26,28-48,56,58-64,66H,13-15,17-23H2,1-10H3,(H,67,68,69)/b16-11+/t24?,26?,28?,29?,30?,31?,32?,33?,34?,35?,36?,37?,38?,39?,40?,41?,42?,43?,44?,45?,46?,47?,48?,52?,53-,54-,55?/m0/s1. The van der Waals surface area contributed by atoms with Gasteiger partial charge in [-0.1, -0.05) is 51.5 Å². The summed E-state index contributed by atoms with van der Waals surface area (Å²) in [6.45, 7) is 14.7. The third-order valence-electron chi connectivity index (χ3n) is 20.0. The van der Waals surface area contributed by atoms with Gasteiger partial charge in [-0.2, -0.15) is 8.42 Å². The quantitative estimate of drug-likeness (QED) is 0.0533. The number of ether oxygens (including phenoxy) is 11. The maximum atomic E-state index is 14.7. The first kappa shape index (κ1) is 64.1. The number of fused-ring (bicyclic) bond motifs is 4. The van der Waals surface area contributed by atoms with E-state index in [-0.39, 0.29) is 29.8 Å². The van der Waals surface area contributed by atoms with Gasteiger partial charge in [-0.25, -0.2) is 4.18 Å². The van der Waals surface area contributed by atoms with Crippen molar-refractivity contribution in [2.75, 3.05) is 26.9 Å². The number of methoxy groups -OCH3 is 1. The highest BCUT2D eigenvalue weighted by Gasteiger charge is 2.79. The van der Waals surface area contributed by atoms with Crippen molar-refractivity contribution in [1.29, 1.82) is 0 Å². The molecule has 3 saturated carbocycles. The number of allylic oxidation sites excluding steroid dienone is 2. The molecule has 0 bridgehead atoms. The number of carbonyl (C=O) groups excluding carboxylic acids is 2. The van der Waals surface area contributed by atoms with Gasteiger partial charge >= 0.3 is 22.3 Å². The fraction of sp³-hybridized carbons (Fsp3) is 0.891. The number of cyclic esters (lactones) is 1. The zero-order valence-corrected chi connectivity index (χ0v) is 48.8. The van der Waals surface area contributed by atoms with Crippen LogP contribution in [0.5, 0.6) is 0 Å². The van der Waals surface area contributed by atoms with E-state index in [1.54, 1.807) is 19.9 Å². The Bertz CT molecular complexity index is 2490. The van der Waals surface area contributed by atoms with Crippen LogP contribution in [-0.2, 0) is 76.3 Å². The third-order valence-corrected chi connectivity index (χ3v) is 20.5. The molecule has 9 rings (SSSR count). The van der Waals surface area contributed by atoms with Crippen LogP contribution in [0.4, 0.5) is 0 Å². The second-order valence-corrected chi connectivity index (χ2v) is 27.1. The van der Waals surface area contributed by atoms with E-state index in [4.69, 9.17) is 56.3 Å². The molecule has 0 aromatic heterocycles. The molecule has 5 aliphatic heterocycles. The van der Waals surface area contributed by atoms with Crippen molar-refractivity contribution in [1.82, 2.24) is 0 Å². The maximum Gasteiger partial charge on any atom is 0.397 e. The van der Waals surface area contributed by atoms with Gasteiger partial charge in [-0.3, -0.25) is 14.1 Å². The van der Waals surface area contributed by atoms with Gasteiger partial charge in [0.25, 0.3) is 0 Å². The predicted molar refractivity (Wildman–Crippen MR) is 277 cm³/mol. The van der Waals surface area contributed by atoms with Gasteiger partial charge in [0.05, 0.1) is 49.0 Å². The Hall–Kier alpha value is -2.43. The molecule has 9 aliphatic rings. The number of hydrogen-bond acceptors (Lipinski definition) is 25. The minimum absolute atomic E-state index is 0.00229. The molecule has 82 heavy (non-hydrogen) atoms. The van der Waals surface area contributed by atoms with Crippen molar-refractivity contribution >= 4 is 22.3 Å². The molecule has 10 N–H and O–H groups in total. The number of esters is 2. The average molecular weight is 1200 g/mol. The highest BCUT2D eigenvalue weighted by atomic mass is 32.3. The molecule has 5 heterocycles. The van der Waals surface area contributed by atoms with Gasteiger partial charge in [0.2, 0.25) is 0 Å². The van der Waals surface area contributed by atoms with Gasteiger partial charge in [0.15, 0.2) is 25.2 Å². The zero-order valence-electron chi connectivity index (χ0n) is 48.0. The average Bonchev–Trinajstić information content (AvgIpc) is 1.47. The maximum absolute atomic E-state index is 14.7. The second-order valence-electron chi connectivity index (χ2n) is 26.0. The van der Waals surface area contributed by atoms with Gasteiger partial charge in [0.1, 0.15) is 91.1 Å². The minimum atomic E-state index is -5.18. The van der Waals surface area contributed by atoms with Crippen LogP contribution in [-0.4, -0.2) is 232 Å². The molecular weight excluding hydrogens is 1110 g/mol. The molecule has 26 nitrogen and oxygen atoms in total. The molecule has 4 aliphatic carbocycles. The monoisotopic (exact) mass is 1190 g/mol. The van der Waals surface area contributed by atoms with Crippen molar-refractivity contribution in [2.24, 2.45) is 39.4 Å². The van der Waals surface area contributed by atoms with E-state index in [1.807, 2.05) is 13.0 Å². The van der Waals surface area contributed by atoms with E-state index in [1.165, 1.54) is 21.0 Å². The zero-order chi connectivity index (χ0) is 60.2. The Labute approximate surface area is 477 Å². The Morgan fingerprint density at radius 3 is 2.09 bits per heavy atom. The van der Waals surface area contributed by atoms with Crippen molar-refractivity contribution in [2.45, 2.75) is 241 Å². The normalized spacial score (nSPS) is 49.5. The van der Waals surface area contributed by atoms with Crippen molar-refractivity contribution in [3.63, 3.8) is 0 Å². The van der Waals surface area contributed by atoms with Crippen molar-refractivity contribution < 1.29 is 125 Å². The van der Waals surface area contributed by atoms with Gasteiger partial charge < -0.3 is 98.1 Å². The molecule has 0 amide bonds. The summed E-state index contributed by atoms with van der Waals surface area (Å²) in [5, 5.41) is 99.3. The molecule has 1 spiro atoms. The van der Waals surface area contributed by atoms with Crippen LogP contribution in [0, 0.1) is 39.4 Å². The van der Waals surface area contributed by atoms with Crippen LogP contribution < -0.4 is 0 Å². The number of aliphatic hydroxyl groups is 9. The Balaban J connectivity index is 0.920. The van der Waals surface area contributed by atoms with Crippen LogP contribution in [0.15, 0.2) is 23.8 Å². The van der Waals surface area contributed by atoms with Crippen molar-refractivity contribution in [3.05, 3.63) is 23.8 Å². The highest BCUT2D eigenvalue weighted by molar-refractivity contribution is 7.80. The van der Waals surface area contributed by atoms with Gasteiger partial charge in [-0.05, 0) is 88.9 Å². The van der Waals surface area contributed by atoms with Gasteiger partial charge in [-0.15, -0.1) is 0 Å². The molecule has 0 aromatic rings. The largest absolute Gasteiger partial charge is 0.462 e. The SMILES string of the molecule is COC1C(O)COC(OC2C(O)C(CO)OC(OC3C(C)OC(OC4C(OC5CCC6(C)C7CCC89C(=O)O[C@@](C)(C/C=C/C(C)(C)O)C8C(OC(C)=O)C[C@@]9(C)C7=CCC6C5(C)C)OCC(OS(=O)(=O)O)C4O)C(O)C3O)C2O)C1O. The Kier molecular flexibility index (Phi) is 18.2. The lowest BCUT2D eigenvalue weighted by Gasteiger charge is -2.63. The van der Waals surface area contributed by atoms with E-state index >= 15 is 0 Å². The number of aliphatic hydroxyl groups excluding tert-OH is 8. The first-order valence-electron chi connectivity index (χ1n) is 28.4. The summed E-state index contributed by atoms with van der Waals surface area (Å²) >= 11 is 0. The lowest BCUT2D eigenvalue weighted by Crippen LogP contribution is -2.66. The van der Waals surface area contributed by atoms with E-state index in [2.05, 4.69) is 33.8 Å². The van der Waals surface area contributed by atoms with E-state index in [9.17, 15) is 68.5 Å². The van der Waals surface area contributed by atoms with E-state index in [0.29, 0.717) is 44.9 Å². The summed E-state index contributed by atoms with van der Waals surface area (Å²) in [5.74, 6) is -1.29. The Morgan fingerprint density at radius 1 is 0.793 bits per heavy atom. The molecule has 27 heteroatoms. The molecule has 8 fully saturated rings. The molecule has 0 radical (unpaired) electrons. The highest BCUT2D eigenvalue weighted by Crippen LogP contribution is 2.76. The van der Waals surface area contributed by atoms with Crippen LogP contribution in [0.25, 0.3) is 0 Å². The summed E-state index contributed by atoms with van der Waals surface area (Å²) in [7, 11) is -3.94. The number of hydrogen-bond donors (Lipinski definition) is 10. The summed E-state index contributed by atoms with van der Waals surface area (Å²) in [6.07, 6.45) is -21.6. The topological polar surface area (TPSA) is 381 Å². The predicted octanol–water partition coefficient (Wildman–Crippen LogP) is -0.409. The van der Waals surface area contributed by atoms with E-state index < -0.39 is 186 Å². The van der Waals surface area contributed by atoms with Crippen LogP contribution >= 0.6 is 0 Å². The summed E-state index contributed by atoms with van der Waals surface area (Å²) in [5.41, 5.74) is -3.73. The third kappa shape index (κ3) is 11.3. The van der Waals surface area contributed by atoms with Crippen LogP contribution in [0.2, 0.25) is 0 Å². The molecular formula is C55H86O26S. The van der Waals surface area contributed by atoms with E-state index in [0.717, 1.165) is 5.57 Å². The lowest BCUT2D eigenvalue weighted by atomic mass is 9.41. The van der Waals surface area contributed by atoms with Crippen molar-refractivity contribution in [3.8, 4) is 0 Å².